The van der Waals surface area contributed by atoms with E-state index < -0.39 is 0 Å². The van der Waals surface area contributed by atoms with Crippen molar-refractivity contribution in [2.24, 2.45) is 0 Å². The fourth-order valence-corrected chi connectivity index (χ4v) is 1.97. The predicted molar refractivity (Wildman–Crippen MR) is 80.5 cm³/mol. The number of halogens is 1. The van der Waals surface area contributed by atoms with Gasteiger partial charge in [0.2, 0.25) is 0 Å². The summed E-state index contributed by atoms with van der Waals surface area (Å²) in [5.74, 6) is 0. The zero-order valence-corrected chi connectivity index (χ0v) is 11.8. The van der Waals surface area contributed by atoms with Crippen molar-refractivity contribution in [1.29, 1.82) is 0 Å². The summed E-state index contributed by atoms with van der Waals surface area (Å²) >= 11 is 5.84. The molecule has 1 N–H and O–H groups in total. The van der Waals surface area contributed by atoms with Gasteiger partial charge in [-0.1, -0.05) is 17.7 Å². The monoisotopic (exact) mass is 275 g/mol. The van der Waals surface area contributed by atoms with Crippen molar-refractivity contribution in [3.63, 3.8) is 0 Å². The Hall–Kier alpha value is -1.58. The number of nitrogens with one attached hydrogen (secondary N) is 1. The molecule has 2 rings (SSSR count). The van der Waals surface area contributed by atoms with Crippen molar-refractivity contribution in [3.8, 4) is 0 Å². The Morgan fingerprint density at radius 3 is 2.68 bits per heavy atom. The fourth-order valence-electron chi connectivity index (χ4n) is 1.84. The van der Waals surface area contributed by atoms with Gasteiger partial charge in [0.25, 0.3) is 0 Å². The van der Waals surface area contributed by atoms with E-state index in [2.05, 4.69) is 28.3 Å². The highest BCUT2D eigenvalue weighted by atomic mass is 35.5. The molecule has 0 spiro atoms. The Bertz CT molecular complexity index is 485. The highest BCUT2D eigenvalue weighted by Crippen LogP contribution is 2.13. The second kappa shape index (κ2) is 7.12. The van der Waals surface area contributed by atoms with Crippen LogP contribution in [-0.4, -0.2) is 30.0 Å². The average molecular weight is 276 g/mol. The van der Waals surface area contributed by atoms with Crippen LogP contribution in [0.15, 0.2) is 48.8 Å². The summed E-state index contributed by atoms with van der Waals surface area (Å²) in [4.78, 5) is 6.38. The zero-order valence-electron chi connectivity index (χ0n) is 11.0. The van der Waals surface area contributed by atoms with Gasteiger partial charge in [-0.15, -0.1) is 0 Å². The third-order valence-corrected chi connectivity index (χ3v) is 3.09. The van der Waals surface area contributed by atoms with Crippen molar-refractivity contribution >= 4 is 17.3 Å². The maximum atomic E-state index is 5.84. The highest BCUT2D eigenvalue weighted by Gasteiger charge is 2.00. The van der Waals surface area contributed by atoms with Gasteiger partial charge < -0.3 is 10.2 Å². The van der Waals surface area contributed by atoms with Gasteiger partial charge >= 0.3 is 0 Å². The number of nitrogens with zero attached hydrogens (tertiary/aromatic N) is 2. The van der Waals surface area contributed by atoms with Gasteiger partial charge in [-0.05, 0) is 42.9 Å². The van der Waals surface area contributed by atoms with Crippen LogP contribution in [0.4, 0.5) is 5.69 Å². The number of anilines is 1. The Balaban J connectivity index is 1.72. The van der Waals surface area contributed by atoms with E-state index in [1.54, 1.807) is 6.20 Å². The first kappa shape index (κ1) is 13.8. The molecule has 19 heavy (non-hydrogen) atoms. The topological polar surface area (TPSA) is 28.2 Å². The lowest BCUT2D eigenvalue weighted by atomic mass is 10.2. The summed E-state index contributed by atoms with van der Waals surface area (Å²) in [5, 5.41) is 4.14. The van der Waals surface area contributed by atoms with Crippen LogP contribution in [0.1, 0.15) is 5.56 Å². The molecular weight excluding hydrogens is 258 g/mol. The third kappa shape index (κ3) is 4.89. The minimum atomic E-state index is 0.763. The summed E-state index contributed by atoms with van der Waals surface area (Å²) in [6.45, 7) is 2.78. The Labute approximate surface area is 119 Å². The maximum Gasteiger partial charge on any atom is 0.0407 e. The molecular formula is C15H18ClN3. The first-order valence-electron chi connectivity index (χ1n) is 6.31. The van der Waals surface area contributed by atoms with Crippen molar-refractivity contribution in [1.82, 2.24) is 9.88 Å². The molecule has 100 valence electrons. The van der Waals surface area contributed by atoms with Crippen molar-refractivity contribution in [3.05, 3.63) is 59.4 Å². The van der Waals surface area contributed by atoms with E-state index in [0.29, 0.717) is 0 Å². The molecule has 4 heteroatoms. The second-order valence-corrected chi connectivity index (χ2v) is 4.97. The molecule has 0 saturated heterocycles. The lowest BCUT2D eigenvalue weighted by Crippen LogP contribution is -2.24. The van der Waals surface area contributed by atoms with Gasteiger partial charge in [0.05, 0.1) is 0 Å². The average Bonchev–Trinajstić information content (AvgIpc) is 2.42. The Kier molecular flexibility index (Phi) is 5.19. The molecule has 0 aliphatic rings. The number of hydrogen-bond donors (Lipinski definition) is 1. The van der Waals surface area contributed by atoms with Gasteiger partial charge in [-0.2, -0.15) is 0 Å². The Morgan fingerprint density at radius 2 is 2.00 bits per heavy atom. The molecule has 0 fully saturated rings. The molecule has 1 aromatic carbocycles. The van der Waals surface area contributed by atoms with Gasteiger partial charge in [0.15, 0.2) is 0 Å². The first-order valence-corrected chi connectivity index (χ1v) is 6.69. The number of rotatable bonds is 6. The van der Waals surface area contributed by atoms with Crippen LogP contribution in [0.5, 0.6) is 0 Å². The van der Waals surface area contributed by atoms with Crippen molar-refractivity contribution in [2.45, 2.75) is 6.54 Å². The maximum absolute atomic E-state index is 5.84. The quantitative estimate of drug-likeness (QED) is 0.877. The predicted octanol–water partition coefficient (Wildman–Crippen LogP) is 3.28. The molecule has 1 heterocycles. The molecule has 3 nitrogen and oxygen atoms in total. The summed E-state index contributed by atoms with van der Waals surface area (Å²) < 4.78 is 0. The number of hydrogen-bond acceptors (Lipinski definition) is 3. The minimum Gasteiger partial charge on any atom is -0.384 e. The Morgan fingerprint density at radius 1 is 1.21 bits per heavy atom. The van der Waals surface area contributed by atoms with Crippen LogP contribution in [-0.2, 0) is 6.54 Å². The fraction of sp³-hybridized carbons (Fsp3) is 0.267. The largest absolute Gasteiger partial charge is 0.384 e. The van der Waals surface area contributed by atoms with Crippen molar-refractivity contribution in [2.75, 3.05) is 25.5 Å². The SMILES string of the molecule is CN(CCNc1ccc(Cl)cc1)Cc1cccnc1. The molecule has 1 aromatic heterocycles. The van der Waals surface area contributed by atoms with E-state index in [9.17, 15) is 0 Å². The summed E-state index contributed by atoms with van der Waals surface area (Å²) in [7, 11) is 2.11. The van der Waals surface area contributed by atoms with E-state index in [0.717, 1.165) is 30.3 Å². The van der Waals surface area contributed by atoms with Crippen LogP contribution in [0.2, 0.25) is 5.02 Å². The van der Waals surface area contributed by atoms with Gasteiger partial charge in [0, 0.05) is 42.7 Å². The lowest BCUT2D eigenvalue weighted by Gasteiger charge is -2.17. The van der Waals surface area contributed by atoms with E-state index in [4.69, 9.17) is 11.6 Å². The van der Waals surface area contributed by atoms with Gasteiger partial charge in [-0.3, -0.25) is 4.98 Å². The second-order valence-electron chi connectivity index (χ2n) is 4.53. The van der Waals surface area contributed by atoms with Crippen LogP contribution in [0.25, 0.3) is 0 Å². The molecule has 0 amide bonds. The smallest absolute Gasteiger partial charge is 0.0407 e. The number of aromatic nitrogens is 1. The van der Waals surface area contributed by atoms with Crippen LogP contribution in [0, 0.1) is 0 Å². The molecule has 0 bridgehead atoms. The molecule has 2 aromatic rings. The summed E-state index contributed by atoms with van der Waals surface area (Å²) in [6.07, 6.45) is 3.70. The van der Waals surface area contributed by atoms with Crippen LogP contribution >= 0.6 is 11.6 Å². The minimum absolute atomic E-state index is 0.763. The molecule has 0 unspecified atom stereocenters. The summed E-state index contributed by atoms with van der Waals surface area (Å²) in [6, 6.07) is 11.8. The number of likely N-dealkylation sites (N-methyl/N-ethyl adjacent to an activating group) is 1. The van der Waals surface area contributed by atoms with Gasteiger partial charge in [0.1, 0.15) is 0 Å². The van der Waals surface area contributed by atoms with E-state index >= 15 is 0 Å². The molecule has 0 aliphatic carbocycles. The highest BCUT2D eigenvalue weighted by molar-refractivity contribution is 6.30. The molecule has 0 aliphatic heterocycles. The standard InChI is InChI=1S/C15H18ClN3/c1-19(12-13-3-2-8-17-11-13)10-9-18-15-6-4-14(16)5-7-15/h2-8,11,18H,9-10,12H2,1H3. The first-order chi connectivity index (χ1) is 9.24. The zero-order chi connectivity index (χ0) is 13.5. The van der Waals surface area contributed by atoms with Gasteiger partial charge in [-0.25, -0.2) is 0 Å². The van der Waals surface area contributed by atoms with E-state index in [-0.39, 0.29) is 0 Å². The number of benzene rings is 1. The number of pyridine rings is 1. The molecule has 0 atom stereocenters. The molecule has 0 saturated carbocycles. The van der Waals surface area contributed by atoms with E-state index in [1.165, 1.54) is 5.56 Å². The van der Waals surface area contributed by atoms with Crippen LogP contribution in [0.3, 0.4) is 0 Å². The van der Waals surface area contributed by atoms with Crippen LogP contribution < -0.4 is 5.32 Å². The third-order valence-electron chi connectivity index (χ3n) is 2.84. The summed E-state index contributed by atoms with van der Waals surface area (Å²) in [5.41, 5.74) is 2.33. The normalized spacial score (nSPS) is 10.7. The van der Waals surface area contributed by atoms with E-state index in [1.807, 2.05) is 36.5 Å². The van der Waals surface area contributed by atoms with Crippen molar-refractivity contribution < 1.29 is 0 Å². The lowest BCUT2D eigenvalue weighted by molar-refractivity contribution is 0.339. The molecule has 0 radical (unpaired) electrons.